The number of ether oxygens (including phenoxy) is 2. The largest absolute Gasteiger partial charge is 0.479 e. The van der Waals surface area contributed by atoms with Crippen LogP contribution in [-0.4, -0.2) is 54.5 Å². The van der Waals surface area contributed by atoms with E-state index in [1.165, 1.54) is 14.0 Å². The number of carboxylic acids is 1. The van der Waals surface area contributed by atoms with Gasteiger partial charge in [0.05, 0.1) is 13.2 Å². The van der Waals surface area contributed by atoms with Gasteiger partial charge in [-0.05, 0) is 44.5 Å². The van der Waals surface area contributed by atoms with E-state index in [0.717, 1.165) is 28.7 Å². The summed E-state index contributed by atoms with van der Waals surface area (Å²) in [6.45, 7) is 6.66. The third-order valence-corrected chi connectivity index (χ3v) is 4.71. The monoisotopic (exact) mass is 362 g/mol. The van der Waals surface area contributed by atoms with Crippen molar-refractivity contribution in [3.63, 3.8) is 0 Å². The zero-order chi connectivity index (χ0) is 19.5. The number of rotatable bonds is 8. The predicted molar refractivity (Wildman–Crippen MR) is 98.7 cm³/mol. The van der Waals surface area contributed by atoms with Crippen LogP contribution >= 0.6 is 0 Å². The van der Waals surface area contributed by atoms with Gasteiger partial charge in [-0.25, -0.2) is 4.79 Å². The van der Waals surface area contributed by atoms with Gasteiger partial charge in [-0.2, -0.15) is 0 Å². The molecule has 7 nitrogen and oxygen atoms in total. The molecule has 0 bridgehead atoms. The summed E-state index contributed by atoms with van der Waals surface area (Å²) < 4.78 is 12.3. The van der Waals surface area contributed by atoms with Crippen LogP contribution in [-0.2, 0) is 20.8 Å². The number of carbonyl (C=O) groups is 2. The summed E-state index contributed by atoms with van der Waals surface area (Å²) in [5, 5.41) is 12.9. The number of nitrogens with zero attached hydrogens (tertiary/aromatic N) is 1. The molecular weight excluding hydrogens is 336 g/mol. The Morgan fingerprint density at radius 3 is 2.50 bits per heavy atom. The molecule has 1 aromatic heterocycles. The van der Waals surface area contributed by atoms with E-state index in [4.69, 9.17) is 9.47 Å². The van der Waals surface area contributed by atoms with Crippen LogP contribution < -0.4 is 5.32 Å². The molecule has 1 amide bonds. The van der Waals surface area contributed by atoms with E-state index in [1.54, 1.807) is 19.2 Å². The van der Waals surface area contributed by atoms with E-state index in [2.05, 4.69) is 9.88 Å². The second kappa shape index (κ2) is 7.88. The van der Waals surface area contributed by atoms with Gasteiger partial charge in [0.25, 0.3) is 5.91 Å². The van der Waals surface area contributed by atoms with Crippen molar-refractivity contribution in [2.24, 2.45) is 0 Å². The molecule has 2 aromatic rings. The average Bonchev–Trinajstić information content (AvgIpc) is 2.83. The molecule has 2 N–H and O–H groups in total. The number of aryl methyl sites for hydroxylation is 1. The van der Waals surface area contributed by atoms with Crippen LogP contribution in [0.3, 0.4) is 0 Å². The van der Waals surface area contributed by atoms with Crippen LogP contribution in [0.2, 0.25) is 0 Å². The van der Waals surface area contributed by atoms with Gasteiger partial charge in [0.15, 0.2) is 5.54 Å². The Hall–Kier alpha value is -2.38. The van der Waals surface area contributed by atoms with Gasteiger partial charge in [0, 0.05) is 42.9 Å². The molecular formula is C19H26N2O5. The van der Waals surface area contributed by atoms with Gasteiger partial charge in [-0.1, -0.05) is 0 Å². The highest BCUT2D eigenvalue weighted by Gasteiger charge is 2.35. The zero-order valence-corrected chi connectivity index (χ0v) is 15.9. The van der Waals surface area contributed by atoms with Crippen molar-refractivity contribution >= 4 is 22.8 Å². The number of fused-ring (bicyclic) bond motifs is 1. The SMILES string of the molecule is COCCn1c(C)c(C)c2cc(C(=O)NC(C)(COC)C(=O)O)ccc21. The Labute approximate surface area is 152 Å². The van der Waals surface area contributed by atoms with E-state index in [9.17, 15) is 14.7 Å². The number of carboxylic acid groups (broad SMARTS) is 1. The lowest BCUT2D eigenvalue weighted by molar-refractivity contribution is -0.145. The maximum atomic E-state index is 12.6. The summed E-state index contributed by atoms with van der Waals surface area (Å²) in [5.41, 5.74) is 2.14. The summed E-state index contributed by atoms with van der Waals surface area (Å²) in [6.07, 6.45) is 0. The number of aliphatic carboxylic acids is 1. The quantitative estimate of drug-likeness (QED) is 0.751. The molecule has 0 spiro atoms. The number of nitrogens with one attached hydrogen (secondary N) is 1. The van der Waals surface area contributed by atoms with E-state index in [0.29, 0.717) is 12.2 Å². The summed E-state index contributed by atoms with van der Waals surface area (Å²) in [7, 11) is 3.06. The minimum absolute atomic E-state index is 0.123. The summed E-state index contributed by atoms with van der Waals surface area (Å²) in [5.74, 6) is -1.60. The third kappa shape index (κ3) is 3.73. The summed E-state index contributed by atoms with van der Waals surface area (Å²) >= 11 is 0. The average molecular weight is 362 g/mol. The van der Waals surface area contributed by atoms with Crippen molar-refractivity contribution in [2.45, 2.75) is 32.9 Å². The van der Waals surface area contributed by atoms with Crippen LogP contribution in [0.15, 0.2) is 18.2 Å². The maximum Gasteiger partial charge on any atom is 0.331 e. The van der Waals surface area contributed by atoms with Gasteiger partial charge in [0.2, 0.25) is 0 Å². The number of hydrogen-bond donors (Lipinski definition) is 2. The fourth-order valence-electron chi connectivity index (χ4n) is 3.02. The minimum atomic E-state index is -1.49. The number of carbonyl (C=O) groups excluding carboxylic acids is 1. The lowest BCUT2D eigenvalue weighted by Crippen LogP contribution is -2.55. The molecule has 2 rings (SSSR count). The second-order valence-electron chi connectivity index (χ2n) is 6.61. The van der Waals surface area contributed by atoms with E-state index < -0.39 is 17.4 Å². The molecule has 1 aromatic carbocycles. The Kier molecular flexibility index (Phi) is 6.05. The molecule has 0 aliphatic heterocycles. The fraction of sp³-hybridized carbons (Fsp3) is 0.474. The molecule has 1 heterocycles. The molecule has 0 saturated heterocycles. The summed E-state index contributed by atoms with van der Waals surface area (Å²) in [6, 6.07) is 5.38. The normalized spacial score (nSPS) is 13.6. The van der Waals surface area contributed by atoms with Crippen molar-refractivity contribution in [1.82, 2.24) is 9.88 Å². The molecule has 26 heavy (non-hydrogen) atoms. The van der Waals surface area contributed by atoms with Gasteiger partial charge < -0.3 is 24.5 Å². The number of aromatic nitrogens is 1. The Balaban J connectivity index is 2.38. The molecule has 142 valence electrons. The van der Waals surface area contributed by atoms with Gasteiger partial charge in [0.1, 0.15) is 0 Å². The van der Waals surface area contributed by atoms with Crippen LogP contribution in [0.4, 0.5) is 0 Å². The highest BCUT2D eigenvalue weighted by atomic mass is 16.5. The smallest absolute Gasteiger partial charge is 0.331 e. The molecule has 0 fully saturated rings. The van der Waals surface area contributed by atoms with Crippen LogP contribution in [0, 0.1) is 13.8 Å². The number of benzene rings is 1. The maximum absolute atomic E-state index is 12.6. The molecule has 0 radical (unpaired) electrons. The first-order chi connectivity index (χ1) is 12.2. The fourth-order valence-corrected chi connectivity index (χ4v) is 3.02. The predicted octanol–water partition coefficient (Wildman–Crippen LogP) is 2.12. The topological polar surface area (TPSA) is 89.8 Å². The first-order valence-electron chi connectivity index (χ1n) is 8.38. The standard InChI is InChI=1S/C19H26N2O5/c1-12-13(2)21(8-9-25-4)16-7-6-14(10-15(12)16)17(22)20-19(3,11-26-5)18(23)24/h6-7,10H,8-9,11H2,1-5H3,(H,20,22)(H,23,24). The van der Waals surface area contributed by atoms with Crippen molar-refractivity contribution in [2.75, 3.05) is 27.4 Å². The number of methoxy groups -OCH3 is 2. The second-order valence-corrected chi connectivity index (χ2v) is 6.61. The van der Waals surface area contributed by atoms with Crippen LogP contribution in [0.25, 0.3) is 10.9 Å². The van der Waals surface area contributed by atoms with E-state index >= 15 is 0 Å². The minimum Gasteiger partial charge on any atom is -0.479 e. The molecule has 0 aliphatic carbocycles. The van der Waals surface area contributed by atoms with Crippen molar-refractivity contribution < 1.29 is 24.2 Å². The number of amides is 1. The Morgan fingerprint density at radius 2 is 1.92 bits per heavy atom. The van der Waals surface area contributed by atoms with E-state index in [1.807, 2.05) is 19.9 Å². The molecule has 1 atom stereocenters. The first-order valence-corrected chi connectivity index (χ1v) is 8.38. The lowest BCUT2D eigenvalue weighted by Gasteiger charge is -2.25. The summed E-state index contributed by atoms with van der Waals surface area (Å²) in [4.78, 5) is 24.1. The molecule has 1 unspecified atom stereocenters. The molecule has 0 aliphatic rings. The van der Waals surface area contributed by atoms with Gasteiger partial charge in [-0.15, -0.1) is 0 Å². The van der Waals surface area contributed by atoms with E-state index in [-0.39, 0.29) is 6.61 Å². The van der Waals surface area contributed by atoms with Crippen LogP contribution in [0.5, 0.6) is 0 Å². The van der Waals surface area contributed by atoms with Crippen LogP contribution in [0.1, 0.15) is 28.5 Å². The van der Waals surface area contributed by atoms with Crippen molar-refractivity contribution in [3.8, 4) is 0 Å². The highest BCUT2D eigenvalue weighted by Crippen LogP contribution is 2.26. The van der Waals surface area contributed by atoms with Gasteiger partial charge >= 0.3 is 5.97 Å². The van der Waals surface area contributed by atoms with Crippen molar-refractivity contribution in [3.05, 3.63) is 35.0 Å². The third-order valence-electron chi connectivity index (χ3n) is 4.71. The van der Waals surface area contributed by atoms with Gasteiger partial charge in [-0.3, -0.25) is 4.79 Å². The Bertz CT molecular complexity index is 827. The number of hydrogen-bond acceptors (Lipinski definition) is 4. The highest BCUT2D eigenvalue weighted by molar-refractivity contribution is 6.01. The Morgan fingerprint density at radius 1 is 1.23 bits per heavy atom. The lowest BCUT2D eigenvalue weighted by atomic mass is 10.0. The van der Waals surface area contributed by atoms with Crippen molar-refractivity contribution in [1.29, 1.82) is 0 Å². The first kappa shape index (κ1) is 19.9. The zero-order valence-electron chi connectivity index (χ0n) is 15.9. The molecule has 0 saturated carbocycles. The molecule has 7 heteroatoms.